The molecule has 3 aliphatic rings. The normalized spacial score (nSPS) is 19.7. The molecule has 2 heterocycles. The van der Waals surface area contributed by atoms with Crippen LogP contribution in [0.2, 0.25) is 0 Å². The van der Waals surface area contributed by atoms with Crippen molar-refractivity contribution < 1.29 is 32.9 Å². The SMILES string of the molecule is C=C1/C2=C(/CC3=CCC=C(F)C=C3)CC=NC/C(OCc3ccccc3)=C(/C(=O)OCC)C(=O)N1C=C(/C(=N/N(C)C)OC(C)C)O2.CC. The topological polar surface area (TPSA) is 102 Å². The van der Waals surface area contributed by atoms with Crippen molar-refractivity contribution in [2.75, 3.05) is 27.2 Å². The van der Waals surface area contributed by atoms with Gasteiger partial charge in [0.15, 0.2) is 11.3 Å². The van der Waals surface area contributed by atoms with E-state index in [1.165, 1.54) is 23.3 Å². The summed E-state index contributed by atoms with van der Waals surface area (Å²) in [6, 6.07) is 9.37. The number of benzene rings is 1. The first-order valence-corrected chi connectivity index (χ1v) is 16.4. The average molecular weight is 675 g/mol. The minimum atomic E-state index is -0.862. The van der Waals surface area contributed by atoms with Gasteiger partial charge in [0.05, 0.1) is 31.2 Å². The molecule has 0 spiro atoms. The van der Waals surface area contributed by atoms with Gasteiger partial charge in [0.1, 0.15) is 18.2 Å². The summed E-state index contributed by atoms with van der Waals surface area (Å²) in [6.45, 7) is 13.6. The third-order valence-corrected chi connectivity index (χ3v) is 6.90. The van der Waals surface area contributed by atoms with Crippen LogP contribution in [0, 0.1) is 0 Å². The number of hydrogen-bond donors (Lipinski definition) is 0. The van der Waals surface area contributed by atoms with Gasteiger partial charge in [-0.2, -0.15) is 0 Å². The molecule has 0 aromatic heterocycles. The van der Waals surface area contributed by atoms with Gasteiger partial charge < -0.3 is 18.9 Å². The summed E-state index contributed by atoms with van der Waals surface area (Å²) in [6.07, 6.45) is 10.3. The Morgan fingerprint density at radius 1 is 1.16 bits per heavy atom. The number of esters is 1. The lowest BCUT2D eigenvalue weighted by atomic mass is 9.98. The number of carbonyl (C=O) groups excluding carboxylic acids is 2. The van der Waals surface area contributed by atoms with Crippen molar-refractivity contribution in [3.8, 4) is 0 Å². The van der Waals surface area contributed by atoms with Gasteiger partial charge in [0.25, 0.3) is 11.8 Å². The maximum absolute atomic E-state index is 14.5. The van der Waals surface area contributed by atoms with Gasteiger partial charge in [-0.05, 0) is 62.5 Å². The van der Waals surface area contributed by atoms with E-state index in [1.54, 1.807) is 38.3 Å². The number of nitrogens with zero attached hydrogens (tertiary/aromatic N) is 4. The van der Waals surface area contributed by atoms with Crippen LogP contribution < -0.4 is 0 Å². The fourth-order valence-corrected chi connectivity index (χ4v) is 4.77. The van der Waals surface area contributed by atoms with Crippen molar-refractivity contribution in [2.45, 2.75) is 66.6 Å². The predicted molar refractivity (Wildman–Crippen MR) is 189 cm³/mol. The summed E-state index contributed by atoms with van der Waals surface area (Å²) < 4.78 is 38.0. The van der Waals surface area contributed by atoms with Crippen LogP contribution in [0.4, 0.5) is 4.39 Å². The molecule has 262 valence electrons. The first kappa shape index (κ1) is 38.3. The molecule has 10 nitrogen and oxygen atoms in total. The van der Waals surface area contributed by atoms with E-state index in [4.69, 9.17) is 18.9 Å². The molecule has 1 aliphatic carbocycles. The molecule has 2 bridgehead atoms. The summed E-state index contributed by atoms with van der Waals surface area (Å²) in [7, 11) is 3.46. The number of hydrazone groups is 1. The van der Waals surface area contributed by atoms with Gasteiger partial charge >= 0.3 is 5.97 Å². The standard InChI is InChI=1S/C36H41FN4O6.C2H6/c1-7-44-36(43)32-30(45-23-27-12-9-8-10-13-27)21-38-19-18-28(20-26-14-11-15-29(37)17-16-26)33-25(4)41(35(32)42)22-31(47-33)34(39-40(5)6)46-24(2)3;1-2/h8-10,12-17,19,22,24H,4,7,11,18,20-21,23H2,1-3,5-6H3;1-2H3/b32-30-,33-28-,38-19?,39-34-;. The fraction of sp³-hybridized carbons (Fsp3) is 0.368. The number of ether oxygens (including phenoxy) is 4. The van der Waals surface area contributed by atoms with Crippen LogP contribution in [0.5, 0.6) is 0 Å². The molecule has 49 heavy (non-hydrogen) atoms. The highest BCUT2D eigenvalue weighted by Crippen LogP contribution is 2.35. The molecule has 0 unspecified atom stereocenters. The van der Waals surface area contributed by atoms with Crippen molar-refractivity contribution in [2.24, 2.45) is 10.1 Å². The maximum atomic E-state index is 14.5. The predicted octanol–water partition coefficient (Wildman–Crippen LogP) is 7.42. The van der Waals surface area contributed by atoms with Crippen LogP contribution in [0.15, 0.2) is 123 Å². The quantitative estimate of drug-likeness (QED) is 0.0837. The van der Waals surface area contributed by atoms with Crippen molar-refractivity contribution in [3.63, 3.8) is 0 Å². The van der Waals surface area contributed by atoms with Crippen molar-refractivity contribution >= 4 is 24.0 Å². The minimum Gasteiger partial charge on any atom is -0.490 e. The van der Waals surface area contributed by atoms with E-state index in [0.717, 1.165) is 11.1 Å². The molecule has 4 rings (SSSR count). The first-order chi connectivity index (χ1) is 23.6. The lowest BCUT2D eigenvalue weighted by molar-refractivity contribution is -0.141. The molecule has 0 N–H and O–H groups in total. The van der Waals surface area contributed by atoms with Crippen LogP contribution >= 0.6 is 0 Å². The van der Waals surface area contributed by atoms with Gasteiger partial charge in [0.2, 0.25) is 5.76 Å². The van der Waals surface area contributed by atoms with Crippen LogP contribution in [-0.2, 0) is 35.1 Å². The molecule has 0 fully saturated rings. The van der Waals surface area contributed by atoms with Gasteiger partial charge in [-0.25, -0.2) is 9.18 Å². The van der Waals surface area contributed by atoms with Crippen LogP contribution in [0.1, 0.15) is 59.4 Å². The smallest absolute Gasteiger partial charge is 0.347 e. The zero-order chi connectivity index (χ0) is 35.9. The monoisotopic (exact) mass is 674 g/mol. The third kappa shape index (κ3) is 10.9. The molecule has 0 saturated carbocycles. The summed E-state index contributed by atoms with van der Waals surface area (Å²) in [5, 5.41) is 6.02. The Labute approximate surface area is 288 Å². The zero-order valence-electron chi connectivity index (χ0n) is 29.5. The molecule has 0 saturated heterocycles. The van der Waals surface area contributed by atoms with Crippen molar-refractivity contribution in [3.05, 3.63) is 118 Å². The number of halogens is 1. The Hall–Kier alpha value is -5.19. The largest absolute Gasteiger partial charge is 0.490 e. The highest BCUT2D eigenvalue weighted by molar-refractivity contribution is 6.18. The summed E-state index contributed by atoms with van der Waals surface area (Å²) in [4.78, 5) is 33.8. The molecule has 2 aliphatic heterocycles. The van der Waals surface area contributed by atoms with Crippen molar-refractivity contribution in [1.29, 1.82) is 0 Å². The number of fused-ring (bicyclic) bond motifs is 2. The molecular weight excluding hydrogens is 627 g/mol. The minimum absolute atomic E-state index is 0.0330. The van der Waals surface area contributed by atoms with E-state index in [1.807, 2.05) is 64.1 Å². The third-order valence-electron chi connectivity index (χ3n) is 6.90. The molecule has 0 atom stereocenters. The fourth-order valence-electron chi connectivity index (χ4n) is 4.77. The van der Waals surface area contributed by atoms with E-state index >= 15 is 0 Å². The Morgan fingerprint density at radius 3 is 2.57 bits per heavy atom. The summed E-state index contributed by atoms with van der Waals surface area (Å²) in [5.74, 6) is -1.40. The zero-order valence-corrected chi connectivity index (χ0v) is 29.5. The molecule has 1 aromatic rings. The van der Waals surface area contributed by atoms with E-state index < -0.39 is 11.9 Å². The lowest BCUT2D eigenvalue weighted by Gasteiger charge is -2.32. The van der Waals surface area contributed by atoms with Gasteiger partial charge in [-0.1, -0.05) is 62.9 Å². The number of carbonyl (C=O) groups is 2. The Bertz CT molecular complexity index is 1610. The number of hydrogen-bond acceptors (Lipinski definition) is 9. The van der Waals surface area contributed by atoms with E-state index in [-0.39, 0.29) is 72.6 Å². The summed E-state index contributed by atoms with van der Waals surface area (Å²) in [5.41, 5.74) is 2.23. The van der Waals surface area contributed by atoms with E-state index in [2.05, 4.69) is 16.7 Å². The van der Waals surface area contributed by atoms with E-state index in [0.29, 0.717) is 18.4 Å². The molecule has 1 amide bonds. The van der Waals surface area contributed by atoms with Crippen LogP contribution in [-0.4, -0.2) is 67.2 Å². The lowest BCUT2D eigenvalue weighted by Crippen LogP contribution is -2.36. The maximum Gasteiger partial charge on any atom is 0.347 e. The van der Waals surface area contributed by atoms with E-state index in [9.17, 15) is 14.0 Å². The molecule has 0 radical (unpaired) electrons. The second-order valence-corrected chi connectivity index (χ2v) is 11.2. The number of aliphatic imine (C=N–C) groups is 1. The molecule has 1 aromatic carbocycles. The van der Waals surface area contributed by atoms with Gasteiger partial charge in [-0.3, -0.25) is 19.7 Å². The first-order valence-electron chi connectivity index (χ1n) is 16.4. The Balaban J connectivity index is 0.00000319. The van der Waals surface area contributed by atoms with Crippen LogP contribution in [0.3, 0.4) is 0 Å². The highest BCUT2D eigenvalue weighted by atomic mass is 19.1. The molecule has 11 heteroatoms. The highest BCUT2D eigenvalue weighted by Gasteiger charge is 2.37. The average Bonchev–Trinajstić information content (AvgIpc) is 3.28. The number of allylic oxidation sites excluding steroid dienone is 7. The molecular formula is C38H47FN4O6. The van der Waals surface area contributed by atoms with Gasteiger partial charge in [0, 0.05) is 26.7 Å². The second kappa shape index (κ2) is 19.0. The summed E-state index contributed by atoms with van der Waals surface area (Å²) >= 11 is 0. The second-order valence-electron chi connectivity index (χ2n) is 11.2. The Kier molecular flexibility index (Phi) is 14.8. The number of amides is 1. The van der Waals surface area contributed by atoms with Crippen molar-refractivity contribution in [1.82, 2.24) is 9.91 Å². The Morgan fingerprint density at radius 2 is 1.90 bits per heavy atom. The van der Waals surface area contributed by atoms with Crippen LogP contribution in [0.25, 0.3) is 0 Å². The van der Waals surface area contributed by atoms with Gasteiger partial charge in [-0.15, -0.1) is 5.10 Å². The number of rotatable bonds is 10.